The molecular formula is C22H27N3O8S. The van der Waals surface area contributed by atoms with E-state index in [1.54, 1.807) is 19.9 Å². The first-order valence-corrected chi connectivity index (χ1v) is 11.6. The molecule has 0 fully saturated rings. The van der Waals surface area contributed by atoms with Crippen LogP contribution in [0.2, 0.25) is 0 Å². The summed E-state index contributed by atoms with van der Waals surface area (Å²) in [7, 11) is -1.05. The minimum absolute atomic E-state index is 0.160. The highest BCUT2D eigenvalue weighted by molar-refractivity contribution is 7.89. The zero-order valence-corrected chi connectivity index (χ0v) is 20.0. The Kier molecular flexibility index (Phi) is 8.98. The van der Waals surface area contributed by atoms with Gasteiger partial charge in [-0.15, -0.1) is 0 Å². The number of methoxy groups -OCH3 is 2. The number of ether oxygens (including phenoxy) is 3. The van der Waals surface area contributed by atoms with Crippen LogP contribution in [0.5, 0.6) is 11.5 Å². The molecular weight excluding hydrogens is 466 g/mol. The van der Waals surface area contributed by atoms with Crippen molar-refractivity contribution in [2.24, 2.45) is 11.1 Å². The van der Waals surface area contributed by atoms with E-state index in [0.29, 0.717) is 11.5 Å². The van der Waals surface area contributed by atoms with Crippen LogP contribution in [0.1, 0.15) is 24.2 Å². The molecule has 0 saturated heterocycles. The van der Waals surface area contributed by atoms with Gasteiger partial charge < -0.3 is 24.8 Å². The minimum Gasteiger partial charge on any atom is -0.497 e. The van der Waals surface area contributed by atoms with Gasteiger partial charge in [0.15, 0.2) is 6.61 Å². The van der Waals surface area contributed by atoms with E-state index in [2.05, 4.69) is 10.6 Å². The lowest BCUT2D eigenvalue weighted by molar-refractivity contribution is -0.150. The summed E-state index contributed by atoms with van der Waals surface area (Å²) in [5, 5.41) is 10.1. The van der Waals surface area contributed by atoms with Crippen LogP contribution >= 0.6 is 0 Å². The van der Waals surface area contributed by atoms with Gasteiger partial charge in [0.2, 0.25) is 10.0 Å². The SMILES string of the molecule is COc1cc(OC)cc(C(=O)NC(C(=O)OCC(=O)Nc2cccc(S(N)(=O)=O)c2)C(C)C)c1. The van der Waals surface area contributed by atoms with Crippen LogP contribution < -0.4 is 25.2 Å². The second-order valence-corrected chi connectivity index (χ2v) is 9.09. The molecule has 4 N–H and O–H groups in total. The molecule has 2 rings (SSSR count). The Labute approximate surface area is 197 Å². The first-order chi connectivity index (χ1) is 15.9. The largest absolute Gasteiger partial charge is 0.497 e. The molecule has 12 heteroatoms. The highest BCUT2D eigenvalue weighted by Gasteiger charge is 2.27. The second-order valence-electron chi connectivity index (χ2n) is 7.53. The first-order valence-electron chi connectivity index (χ1n) is 10.1. The van der Waals surface area contributed by atoms with Crippen LogP contribution in [-0.2, 0) is 24.3 Å². The molecule has 184 valence electrons. The van der Waals surface area contributed by atoms with Crippen molar-refractivity contribution < 1.29 is 37.0 Å². The van der Waals surface area contributed by atoms with Gasteiger partial charge in [-0.2, -0.15) is 0 Å². The molecule has 0 aromatic heterocycles. The molecule has 0 radical (unpaired) electrons. The van der Waals surface area contributed by atoms with Gasteiger partial charge in [0, 0.05) is 17.3 Å². The van der Waals surface area contributed by atoms with E-state index in [9.17, 15) is 22.8 Å². The van der Waals surface area contributed by atoms with E-state index >= 15 is 0 Å². The highest BCUT2D eigenvalue weighted by atomic mass is 32.2. The van der Waals surface area contributed by atoms with E-state index in [1.165, 1.54) is 50.6 Å². The summed E-state index contributed by atoms with van der Waals surface area (Å²) in [5.74, 6) is -1.62. The lowest BCUT2D eigenvalue weighted by atomic mass is 10.0. The number of rotatable bonds is 10. The molecule has 0 heterocycles. The van der Waals surface area contributed by atoms with E-state index < -0.39 is 40.5 Å². The van der Waals surface area contributed by atoms with Crippen LogP contribution in [0.3, 0.4) is 0 Å². The molecule has 0 bridgehead atoms. The molecule has 0 spiro atoms. The molecule has 0 aliphatic heterocycles. The number of hydrogen-bond donors (Lipinski definition) is 3. The minimum atomic E-state index is -3.94. The summed E-state index contributed by atoms with van der Waals surface area (Å²) in [6.07, 6.45) is 0. The molecule has 34 heavy (non-hydrogen) atoms. The van der Waals surface area contributed by atoms with Crippen molar-refractivity contribution in [2.75, 3.05) is 26.1 Å². The van der Waals surface area contributed by atoms with Gasteiger partial charge in [-0.3, -0.25) is 9.59 Å². The van der Waals surface area contributed by atoms with E-state index in [1.807, 2.05) is 0 Å². The van der Waals surface area contributed by atoms with Crippen molar-refractivity contribution >= 4 is 33.5 Å². The number of amides is 2. The number of nitrogens with one attached hydrogen (secondary N) is 2. The number of nitrogens with two attached hydrogens (primary N) is 1. The average Bonchev–Trinajstić information content (AvgIpc) is 2.79. The predicted octanol–water partition coefficient (Wildman–Crippen LogP) is 1.29. The van der Waals surface area contributed by atoms with Gasteiger partial charge in [-0.1, -0.05) is 19.9 Å². The molecule has 1 atom stereocenters. The molecule has 11 nitrogen and oxygen atoms in total. The van der Waals surface area contributed by atoms with Gasteiger partial charge in [-0.25, -0.2) is 18.4 Å². The number of esters is 1. The van der Waals surface area contributed by atoms with Crippen molar-refractivity contribution in [1.29, 1.82) is 0 Å². The van der Waals surface area contributed by atoms with Crippen molar-refractivity contribution in [3.63, 3.8) is 0 Å². The van der Waals surface area contributed by atoms with Crippen molar-refractivity contribution in [1.82, 2.24) is 5.32 Å². The molecule has 0 saturated carbocycles. The van der Waals surface area contributed by atoms with Gasteiger partial charge in [0.05, 0.1) is 19.1 Å². The third-order valence-corrected chi connectivity index (χ3v) is 5.52. The number of anilines is 1. The average molecular weight is 494 g/mol. The Balaban J connectivity index is 2.02. The molecule has 1 unspecified atom stereocenters. The van der Waals surface area contributed by atoms with Crippen molar-refractivity contribution in [3.8, 4) is 11.5 Å². The third kappa shape index (κ3) is 7.46. The fourth-order valence-electron chi connectivity index (χ4n) is 2.84. The fraction of sp³-hybridized carbons (Fsp3) is 0.318. The molecule has 2 aromatic carbocycles. The first kappa shape index (κ1) is 26.6. The number of carbonyl (C=O) groups is 3. The van der Waals surface area contributed by atoms with Crippen LogP contribution in [0, 0.1) is 5.92 Å². The predicted molar refractivity (Wildman–Crippen MR) is 123 cm³/mol. The Bertz CT molecular complexity index is 1140. The maximum absolute atomic E-state index is 12.7. The van der Waals surface area contributed by atoms with E-state index in [-0.39, 0.29) is 22.1 Å². The zero-order chi connectivity index (χ0) is 25.5. The monoisotopic (exact) mass is 493 g/mol. The van der Waals surface area contributed by atoms with Gasteiger partial charge in [-0.05, 0) is 36.2 Å². The molecule has 0 aliphatic carbocycles. The quantitative estimate of drug-likeness (QED) is 0.417. The van der Waals surface area contributed by atoms with Gasteiger partial charge >= 0.3 is 5.97 Å². The van der Waals surface area contributed by atoms with E-state index in [4.69, 9.17) is 19.3 Å². The van der Waals surface area contributed by atoms with E-state index in [0.717, 1.165) is 0 Å². The zero-order valence-electron chi connectivity index (χ0n) is 19.2. The topological polar surface area (TPSA) is 163 Å². The Morgan fingerprint density at radius 2 is 1.62 bits per heavy atom. The van der Waals surface area contributed by atoms with Crippen LogP contribution in [0.25, 0.3) is 0 Å². The third-order valence-electron chi connectivity index (χ3n) is 4.61. The summed E-state index contributed by atoms with van der Waals surface area (Å²) in [6, 6.07) is 8.85. The summed E-state index contributed by atoms with van der Waals surface area (Å²) in [4.78, 5) is 37.3. The number of carbonyl (C=O) groups excluding carboxylic acids is 3. The second kappa shape index (κ2) is 11.5. The standard InChI is InChI=1S/C22H27N3O8S/c1-13(2)20(25-21(27)14-8-16(31-3)11-17(9-14)32-4)22(28)33-12-19(26)24-15-6-5-7-18(10-15)34(23,29)30/h5-11,13,20H,12H2,1-4H3,(H,24,26)(H,25,27)(H2,23,29,30). The summed E-state index contributed by atoms with van der Waals surface area (Å²) >= 11 is 0. The molecule has 2 aromatic rings. The van der Waals surface area contributed by atoms with Gasteiger partial charge in [0.1, 0.15) is 17.5 Å². The Morgan fingerprint density at radius 1 is 1.00 bits per heavy atom. The number of primary sulfonamides is 1. The lowest BCUT2D eigenvalue weighted by Gasteiger charge is -2.21. The van der Waals surface area contributed by atoms with Crippen molar-refractivity contribution in [3.05, 3.63) is 48.0 Å². The highest BCUT2D eigenvalue weighted by Crippen LogP contribution is 2.22. The van der Waals surface area contributed by atoms with Crippen LogP contribution in [0.15, 0.2) is 47.4 Å². The Morgan fingerprint density at radius 3 is 2.15 bits per heavy atom. The number of benzene rings is 2. The smallest absolute Gasteiger partial charge is 0.329 e. The number of hydrogen-bond acceptors (Lipinski definition) is 8. The van der Waals surface area contributed by atoms with Crippen LogP contribution in [-0.4, -0.2) is 53.1 Å². The normalized spacial score (nSPS) is 11.9. The molecule has 2 amide bonds. The summed E-state index contributed by atoms with van der Waals surface area (Å²) in [5.41, 5.74) is 0.371. The maximum atomic E-state index is 12.7. The van der Waals surface area contributed by atoms with Crippen LogP contribution in [0.4, 0.5) is 5.69 Å². The lowest BCUT2D eigenvalue weighted by Crippen LogP contribution is -2.46. The number of sulfonamides is 1. The summed E-state index contributed by atoms with van der Waals surface area (Å²) < 4.78 is 38.2. The van der Waals surface area contributed by atoms with Gasteiger partial charge in [0.25, 0.3) is 11.8 Å². The molecule has 0 aliphatic rings. The van der Waals surface area contributed by atoms with Crippen molar-refractivity contribution in [2.45, 2.75) is 24.8 Å². The Hall–Kier alpha value is -3.64. The fourth-order valence-corrected chi connectivity index (χ4v) is 3.39. The maximum Gasteiger partial charge on any atom is 0.329 e. The summed E-state index contributed by atoms with van der Waals surface area (Å²) in [6.45, 7) is 2.76.